The molecule has 3 N–H and O–H groups in total. The number of nitrogens with zero attached hydrogens (tertiary/aromatic N) is 1. The van der Waals surface area contributed by atoms with Crippen molar-refractivity contribution < 1.29 is 9.84 Å². The zero-order chi connectivity index (χ0) is 11.3. The van der Waals surface area contributed by atoms with Crippen LogP contribution in [-0.2, 0) is 0 Å². The Morgan fingerprint density at radius 3 is 2.87 bits per heavy atom. The Kier molecular flexibility index (Phi) is 4.52. The first kappa shape index (κ1) is 11.9. The molecule has 0 saturated carbocycles. The molecule has 84 valence electrons. The highest BCUT2D eigenvalue weighted by Gasteiger charge is 2.07. The van der Waals surface area contributed by atoms with Gasteiger partial charge in [-0.3, -0.25) is 4.98 Å². The first-order valence-corrected chi connectivity index (χ1v) is 5.08. The van der Waals surface area contributed by atoms with Crippen molar-refractivity contribution in [3.05, 3.63) is 24.0 Å². The molecular weight excluding hydrogens is 192 g/mol. The van der Waals surface area contributed by atoms with Gasteiger partial charge < -0.3 is 15.6 Å². The number of aromatic nitrogens is 1. The van der Waals surface area contributed by atoms with E-state index in [1.807, 2.05) is 0 Å². The van der Waals surface area contributed by atoms with E-state index >= 15 is 0 Å². The van der Waals surface area contributed by atoms with Crippen LogP contribution in [0.5, 0.6) is 5.75 Å². The van der Waals surface area contributed by atoms with Gasteiger partial charge in [0, 0.05) is 12.3 Å². The molecule has 0 bridgehead atoms. The van der Waals surface area contributed by atoms with Crippen LogP contribution in [-0.4, -0.2) is 23.3 Å². The average molecular weight is 210 g/mol. The zero-order valence-corrected chi connectivity index (χ0v) is 9.18. The normalized spacial score (nSPS) is 12.9. The van der Waals surface area contributed by atoms with Gasteiger partial charge in [0.25, 0.3) is 0 Å². The van der Waals surface area contributed by atoms with Crippen molar-refractivity contribution in [1.82, 2.24) is 4.98 Å². The van der Waals surface area contributed by atoms with Crippen molar-refractivity contribution >= 4 is 0 Å². The molecule has 0 amide bonds. The molecule has 0 saturated heterocycles. The van der Waals surface area contributed by atoms with E-state index in [-0.39, 0.29) is 6.61 Å². The van der Waals surface area contributed by atoms with E-state index in [2.05, 4.69) is 18.8 Å². The summed E-state index contributed by atoms with van der Waals surface area (Å²) in [6.45, 7) is 4.72. The monoisotopic (exact) mass is 210 g/mol. The van der Waals surface area contributed by atoms with Gasteiger partial charge in [-0.25, -0.2) is 0 Å². The predicted molar refractivity (Wildman–Crippen MR) is 58.6 cm³/mol. The second-order valence-corrected chi connectivity index (χ2v) is 3.91. The minimum Gasteiger partial charge on any atom is -0.493 e. The van der Waals surface area contributed by atoms with E-state index in [0.717, 1.165) is 5.75 Å². The summed E-state index contributed by atoms with van der Waals surface area (Å²) in [6, 6.07) is 3.12. The molecule has 4 heteroatoms. The SMILES string of the molecule is CC(C)COc1ccnc(C(N)CO)c1. The standard InChI is InChI=1S/C11H18N2O2/c1-8(2)7-15-9-3-4-13-11(5-9)10(12)6-14/h3-5,8,10,14H,6-7,12H2,1-2H3. The quantitative estimate of drug-likeness (QED) is 0.764. The summed E-state index contributed by atoms with van der Waals surface area (Å²) in [5.41, 5.74) is 6.30. The third-order valence-corrected chi connectivity index (χ3v) is 1.91. The van der Waals surface area contributed by atoms with Crippen LogP contribution in [0.25, 0.3) is 0 Å². The fourth-order valence-corrected chi connectivity index (χ4v) is 1.08. The van der Waals surface area contributed by atoms with Gasteiger partial charge in [0.1, 0.15) is 5.75 Å². The van der Waals surface area contributed by atoms with Crippen LogP contribution in [0.15, 0.2) is 18.3 Å². The summed E-state index contributed by atoms with van der Waals surface area (Å²) in [4.78, 5) is 4.07. The third kappa shape index (κ3) is 3.85. The smallest absolute Gasteiger partial charge is 0.122 e. The number of hydrogen-bond acceptors (Lipinski definition) is 4. The van der Waals surface area contributed by atoms with E-state index in [9.17, 15) is 0 Å². The first-order valence-electron chi connectivity index (χ1n) is 5.08. The molecule has 0 aliphatic heterocycles. The molecule has 1 aromatic heterocycles. The van der Waals surface area contributed by atoms with Gasteiger partial charge in [0.2, 0.25) is 0 Å². The van der Waals surface area contributed by atoms with Crippen LogP contribution in [0.3, 0.4) is 0 Å². The highest BCUT2D eigenvalue weighted by Crippen LogP contribution is 2.15. The minimum absolute atomic E-state index is 0.110. The molecule has 15 heavy (non-hydrogen) atoms. The van der Waals surface area contributed by atoms with Crippen LogP contribution < -0.4 is 10.5 Å². The van der Waals surface area contributed by atoms with E-state index in [4.69, 9.17) is 15.6 Å². The number of ether oxygens (including phenoxy) is 1. The van der Waals surface area contributed by atoms with Gasteiger partial charge in [-0.1, -0.05) is 13.8 Å². The van der Waals surface area contributed by atoms with Crippen LogP contribution in [0.4, 0.5) is 0 Å². The third-order valence-electron chi connectivity index (χ3n) is 1.91. The molecule has 0 aliphatic rings. The summed E-state index contributed by atoms with van der Waals surface area (Å²) >= 11 is 0. The fraction of sp³-hybridized carbons (Fsp3) is 0.545. The first-order chi connectivity index (χ1) is 7.13. The molecule has 0 spiro atoms. The largest absolute Gasteiger partial charge is 0.493 e. The molecule has 0 radical (unpaired) electrons. The van der Waals surface area contributed by atoms with Crippen molar-refractivity contribution in [2.75, 3.05) is 13.2 Å². The van der Waals surface area contributed by atoms with Crippen molar-refractivity contribution in [3.63, 3.8) is 0 Å². The second-order valence-electron chi connectivity index (χ2n) is 3.91. The highest BCUT2D eigenvalue weighted by molar-refractivity contribution is 5.24. The maximum atomic E-state index is 8.89. The van der Waals surface area contributed by atoms with Crippen molar-refractivity contribution in [2.24, 2.45) is 11.7 Å². The number of nitrogens with two attached hydrogens (primary N) is 1. The Bertz CT molecular complexity index is 302. The van der Waals surface area contributed by atoms with Crippen LogP contribution in [0, 0.1) is 5.92 Å². The Balaban J connectivity index is 2.65. The van der Waals surface area contributed by atoms with Gasteiger partial charge in [-0.15, -0.1) is 0 Å². The van der Waals surface area contributed by atoms with Gasteiger partial charge >= 0.3 is 0 Å². The van der Waals surface area contributed by atoms with E-state index in [1.165, 1.54) is 0 Å². The summed E-state index contributed by atoms with van der Waals surface area (Å²) in [5.74, 6) is 1.23. The number of aliphatic hydroxyl groups is 1. The lowest BCUT2D eigenvalue weighted by molar-refractivity contribution is 0.261. The summed E-state index contributed by atoms with van der Waals surface area (Å²) in [6.07, 6.45) is 1.64. The fourth-order valence-electron chi connectivity index (χ4n) is 1.08. The van der Waals surface area contributed by atoms with Crippen LogP contribution >= 0.6 is 0 Å². The molecular formula is C11H18N2O2. The summed E-state index contributed by atoms with van der Waals surface area (Å²) in [5, 5.41) is 8.89. The Hall–Kier alpha value is -1.13. The number of rotatable bonds is 5. The summed E-state index contributed by atoms with van der Waals surface area (Å²) in [7, 11) is 0. The number of hydrogen-bond donors (Lipinski definition) is 2. The Morgan fingerprint density at radius 1 is 1.53 bits per heavy atom. The van der Waals surface area contributed by atoms with Crippen molar-refractivity contribution in [3.8, 4) is 5.75 Å². The van der Waals surface area contributed by atoms with E-state index < -0.39 is 6.04 Å². The van der Waals surface area contributed by atoms with E-state index in [1.54, 1.807) is 18.3 Å². The van der Waals surface area contributed by atoms with Gasteiger partial charge in [-0.2, -0.15) is 0 Å². The van der Waals surface area contributed by atoms with Gasteiger partial charge in [0.05, 0.1) is 24.9 Å². The number of pyridine rings is 1. The highest BCUT2D eigenvalue weighted by atomic mass is 16.5. The van der Waals surface area contributed by atoms with Crippen molar-refractivity contribution in [1.29, 1.82) is 0 Å². The molecule has 0 aliphatic carbocycles. The van der Waals surface area contributed by atoms with E-state index in [0.29, 0.717) is 18.2 Å². The second kappa shape index (κ2) is 5.68. The Labute approximate surface area is 90.1 Å². The topological polar surface area (TPSA) is 68.4 Å². The predicted octanol–water partition coefficient (Wildman–Crippen LogP) is 1.11. The Morgan fingerprint density at radius 2 is 2.27 bits per heavy atom. The lowest BCUT2D eigenvalue weighted by atomic mass is 10.2. The molecule has 1 atom stereocenters. The lowest BCUT2D eigenvalue weighted by Gasteiger charge is -2.11. The molecule has 0 aromatic carbocycles. The van der Waals surface area contributed by atoms with Crippen LogP contribution in [0.2, 0.25) is 0 Å². The average Bonchev–Trinajstić information content (AvgIpc) is 2.25. The maximum absolute atomic E-state index is 8.89. The zero-order valence-electron chi connectivity index (χ0n) is 9.18. The molecule has 1 unspecified atom stereocenters. The van der Waals surface area contributed by atoms with Gasteiger partial charge in [0.15, 0.2) is 0 Å². The van der Waals surface area contributed by atoms with Gasteiger partial charge in [-0.05, 0) is 12.0 Å². The maximum Gasteiger partial charge on any atom is 0.122 e. The molecule has 1 aromatic rings. The molecule has 1 heterocycles. The van der Waals surface area contributed by atoms with Crippen molar-refractivity contribution in [2.45, 2.75) is 19.9 Å². The number of aliphatic hydroxyl groups excluding tert-OH is 1. The lowest BCUT2D eigenvalue weighted by Crippen LogP contribution is -2.16. The molecule has 1 rings (SSSR count). The van der Waals surface area contributed by atoms with Crippen LogP contribution in [0.1, 0.15) is 25.6 Å². The molecule has 0 fully saturated rings. The molecule has 4 nitrogen and oxygen atoms in total. The minimum atomic E-state index is -0.437. The summed E-state index contributed by atoms with van der Waals surface area (Å²) < 4.78 is 5.53.